The second-order valence-electron chi connectivity index (χ2n) is 7.03. The number of hydrogen-bond acceptors (Lipinski definition) is 5. The maximum absolute atomic E-state index is 12.9. The van der Waals surface area contributed by atoms with Gasteiger partial charge in [0.25, 0.3) is 5.56 Å². The number of amides is 1. The van der Waals surface area contributed by atoms with Crippen LogP contribution in [0.3, 0.4) is 0 Å². The fourth-order valence-corrected chi connectivity index (χ4v) is 5.08. The van der Waals surface area contributed by atoms with E-state index in [4.69, 9.17) is 0 Å². The molecule has 0 spiro atoms. The summed E-state index contributed by atoms with van der Waals surface area (Å²) in [6.45, 7) is 3.82. The van der Waals surface area contributed by atoms with Gasteiger partial charge in [-0.1, -0.05) is 12.1 Å². The van der Waals surface area contributed by atoms with Crippen LogP contribution in [0.4, 0.5) is 0 Å². The second kappa shape index (κ2) is 6.27. The molecular weight excluding hydrogens is 324 g/mol. The van der Waals surface area contributed by atoms with Crippen molar-refractivity contribution in [3.05, 3.63) is 20.8 Å². The lowest BCUT2D eigenvalue weighted by molar-refractivity contribution is -0.133. The van der Waals surface area contributed by atoms with Crippen molar-refractivity contribution in [1.29, 1.82) is 0 Å². The lowest BCUT2D eigenvalue weighted by atomic mass is 9.89. The molecule has 2 aliphatic rings. The molecule has 0 radical (unpaired) electrons. The lowest BCUT2D eigenvalue weighted by Gasteiger charge is -2.26. The molecule has 4 rings (SSSR count). The molecule has 2 aromatic heterocycles. The number of piperidine rings is 1. The Kier molecular flexibility index (Phi) is 4.12. The van der Waals surface area contributed by atoms with Crippen LogP contribution in [-0.2, 0) is 24.2 Å². The van der Waals surface area contributed by atoms with Gasteiger partial charge in [0.1, 0.15) is 6.54 Å². The molecule has 1 saturated heterocycles. The van der Waals surface area contributed by atoms with Crippen LogP contribution in [0.5, 0.6) is 0 Å². The number of carbonyl (C=O) groups excluding carboxylic acids is 1. The maximum Gasteiger partial charge on any atom is 0.279 e. The van der Waals surface area contributed by atoms with Crippen molar-refractivity contribution in [2.45, 2.75) is 52.0 Å². The summed E-state index contributed by atoms with van der Waals surface area (Å²) in [6.07, 6.45) is 6.31. The molecule has 7 heteroatoms. The highest BCUT2D eigenvalue weighted by atomic mass is 32.1. The van der Waals surface area contributed by atoms with Gasteiger partial charge in [-0.2, -0.15) is 0 Å². The number of rotatable bonds is 2. The monoisotopic (exact) mass is 346 g/mol. The normalized spacial score (nSPS) is 21.0. The first-order valence-electron chi connectivity index (χ1n) is 8.79. The van der Waals surface area contributed by atoms with E-state index in [-0.39, 0.29) is 18.0 Å². The minimum atomic E-state index is -0.155. The van der Waals surface area contributed by atoms with Crippen molar-refractivity contribution < 1.29 is 4.79 Å². The van der Waals surface area contributed by atoms with Gasteiger partial charge in [-0.3, -0.25) is 9.59 Å². The van der Waals surface area contributed by atoms with E-state index in [1.54, 1.807) is 11.3 Å². The number of likely N-dealkylation sites (tertiary alicyclic amines) is 1. The largest absolute Gasteiger partial charge is 0.341 e. The SMILES string of the molecule is C[C@@H]1CCc2c(sc3nnn(CC(=O)N4CCCCC4)c(=O)c23)C1. The number of nitrogens with zero attached hydrogens (tertiary/aromatic N) is 4. The summed E-state index contributed by atoms with van der Waals surface area (Å²) >= 11 is 1.59. The molecule has 2 aromatic rings. The van der Waals surface area contributed by atoms with E-state index in [0.717, 1.165) is 55.6 Å². The quantitative estimate of drug-likeness (QED) is 0.834. The van der Waals surface area contributed by atoms with Gasteiger partial charge >= 0.3 is 0 Å². The first-order chi connectivity index (χ1) is 11.6. The number of carbonyl (C=O) groups is 1. The fourth-order valence-electron chi connectivity index (χ4n) is 3.77. The molecule has 0 saturated carbocycles. The summed E-state index contributed by atoms with van der Waals surface area (Å²) < 4.78 is 1.25. The van der Waals surface area contributed by atoms with Crippen LogP contribution in [0.25, 0.3) is 10.2 Å². The molecule has 128 valence electrons. The topological polar surface area (TPSA) is 68.1 Å². The van der Waals surface area contributed by atoms with Crippen LogP contribution in [0.15, 0.2) is 4.79 Å². The molecule has 6 nitrogen and oxygen atoms in total. The molecule has 24 heavy (non-hydrogen) atoms. The molecule has 0 unspecified atom stereocenters. The van der Waals surface area contributed by atoms with E-state index in [1.165, 1.54) is 16.0 Å². The van der Waals surface area contributed by atoms with Gasteiger partial charge < -0.3 is 4.90 Å². The predicted molar refractivity (Wildman–Crippen MR) is 93.3 cm³/mol. The van der Waals surface area contributed by atoms with Gasteiger partial charge in [0.05, 0.1) is 5.39 Å². The van der Waals surface area contributed by atoms with E-state index < -0.39 is 0 Å². The smallest absolute Gasteiger partial charge is 0.279 e. The predicted octanol–water partition coefficient (Wildman–Crippen LogP) is 1.99. The summed E-state index contributed by atoms with van der Waals surface area (Å²) in [5.41, 5.74) is 0.990. The van der Waals surface area contributed by atoms with Crippen LogP contribution >= 0.6 is 11.3 Å². The van der Waals surface area contributed by atoms with Crippen molar-refractivity contribution in [3.8, 4) is 0 Å². The number of aryl methyl sites for hydroxylation is 1. The molecule has 1 amide bonds. The number of hydrogen-bond donors (Lipinski definition) is 0. The highest BCUT2D eigenvalue weighted by Crippen LogP contribution is 2.35. The first kappa shape index (κ1) is 15.7. The van der Waals surface area contributed by atoms with Gasteiger partial charge in [0.15, 0.2) is 4.83 Å². The van der Waals surface area contributed by atoms with Gasteiger partial charge in [-0.15, -0.1) is 16.4 Å². The maximum atomic E-state index is 12.9. The third-order valence-corrected chi connectivity index (χ3v) is 6.32. The zero-order valence-electron chi connectivity index (χ0n) is 14.0. The van der Waals surface area contributed by atoms with E-state index >= 15 is 0 Å². The van der Waals surface area contributed by atoms with Gasteiger partial charge in [0, 0.05) is 18.0 Å². The Morgan fingerprint density at radius 2 is 2.08 bits per heavy atom. The fraction of sp³-hybridized carbons (Fsp3) is 0.647. The van der Waals surface area contributed by atoms with Crippen LogP contribution in [0, 0.1) is 5.92 Å². The van der Waals surface area contributed by atoms with Crippen molar-refractivity contribution in [3.63, 3.8) is 0 Å². The van der Waals surface area contributed by atoms with Gasteiger partial charge in [-0.05, 0) is 50.0 Å². The molecule has 0 aromatic carbocycles. The number of aromatic nitrogens is 3. The van der Waals surface area contributed by atoms with Crippen molar-refractivity contribution in [2.75, 3.05) is 13.1 Å². The molecule has 1 aliphatic carbocycles. The molecule has 0 N–H and O–H groups in total. The Labute approximate surface area is 144 Å². The Balaban J connectivity index is 1.66. The van der Waals surface area contributed by atoms with Crippen LogP contribution in [0.1, 0.15) is 43.0 Å². The summed E-state index contributed by atoms with van der Waals surface area (Å²) in [5.74, 6) is 0.629. The van der Waals surface area contributed by atoms with Crippen LogP contribution in [0.2, 0.25) is 0 Å². The third-order valence-electron chi connectivity index (χ3n) is 5.18. The van der Waals surface area contributed by atoms with Crippen molar-refractivity contribution >= 4 is 27.5 Å². The Morgan fingerprint density at radius 3 is 2.88 bits per heavy atom. The summed E-state index contributed by atoms with van der Waals surface area (Å²) in [5, 5.41) is 8.95. The Morgan fingerprint density at radius 1 is 1.29 bits per heavy atom. The van der Waals surface area contributed by atoms with E-state index in [2.05, 4.69) is 17.2 Å². The molecule has 1 fully saturated rings. The minimum Gasteiger partial charge on any atom is -0.341 e. The zero-order valence-corrected chi connectivity index (χ0v) is 14.8. The minimum absolute atomic E-state index is 0.00277. The molecule has 0 bridgehead atoms. The summed E-state index contributed by atoms with van der Waals surface area (Å²) in [4.78, 5) is 29.1. The lowest BCUT2D eigenvalue weighted by Crippen LogP contribution is -2.40. The van der Waals surface area contributed by atoms with Crippen LogP contribution < -0.4 is 5.56 Å². The average Bonchev–Trinajstić information content (AvgIpc) is 2.96. The zero-order chi connectivity index (χ0) is 16.7. The van der Waals surface area contributed by atoms with E-state index in [9.17, 15) is 9.59 Å². The highest BCUT2D eigenvalue weighted by molar-refractivity contribution is 7.18. The molecule has 3 heterocycles. The number of fused-ring (bicyclic) bond motifs is 3. The van der Waals surface area contributed by atoms with Gasteiger partial charge in [0.2, 0.25) is 5.91 Å². The first-order valence-corrected chi connectivity index (χ1v) is 9.61. The second-order valence-corrected chi connectivity index (χ2v) is 8.11. The van der Waals surface area contributed by atoms with E-state index in [0.29, 0.717) is 11.3 Å². The number of thiophene rings is 1. The Hall–Kier alpha value is -1.76. The standard InChI is InChI=1S/C17H22N4O2S/c1-11-5-6-12-13(9-11)24-16-15(12)17(23)21(19-18-16)10-14(22)20-7-3-2-4-8-20/h11H,2-10H2,1H3/t11-/m1/s1. The van der Waals surface area contributed by atoms with E-state index in [1.807, 2.05) is 4.90 Å². The Bertz CT molecular complexity index is 835. The average molecular weight is 346 g/mol. The highest BCUT2D eigenvalue weighted by Gasteiger charge is 2.25. The summed E-state index contributed by atoms with van der Waals surface area (Å²) in [7, 11) is 0. The summed E-state index contributed by atoms with van der Waals surface area (Å²) in [6, 6.07) is 0. The van der Waals surface area contributed by atoms with Gasteiger partial charge in [-0.25, -0.2) is 4.68 Å². The third kappa shape index (κ3) is 2.75. The molecule has 1 atom stereocenters. The molecule has 1 aliphatic heterocycles. The molecular formula is C17H22N4O2S. The van der Waals surface area contributed by atoms with Crippen molar-refractivity contribution in [1.82, 2.24) is 19.9 Å². The van der Waals surface area contributed by atoms with Crippen LogP contribution in [-0.4, -0.2) is 38.9 Å². The van der Waals surface area contributed by atoms with Crippen molar-refractivity contribution in [2.24, 2.45) is 5.92 Å².